The van der Waals surface area contributed by atoms with Crippen LogP contribution >= 0.6 is 27.5 Å². The zero-order chi connectivity index (χ0) is 13.0. The Balaban J connectivity index is 2.04. The summed E-state index contributed by atoms with van der Waals surface area (Å²) in [4.78, 5) is 19.8. The molecule has 0 saturated heterocycles. The minimum Gasteiger partial charge on any atom is -0.346 e. The Morgan fingerprint density at radius 2 is 2.22 bits per heavy atom. The van der Waals surface area contributed by atoms with Crippen molar-refractivity contribution in [2.45, 2.75) is 6.54 Å². The molecule has 18 heavy (non-hydrogen) atoms. The first-order chi connectivity index (χ1) is 8.66. The maximum atomic E-state index is 11.9. The summed E-state index contributed by atoms with van der Waals surface area (Å²) >= 11 is 9.12. The molecule has 0 aliphatic rings. The molecule has 0 radical (unpaired) electrons. The van der Waals surface area contributed by atoms with Crippen LogP contribution in [0.4, 0.5) is 0 Å². The number of halogens is 2. The third kappa shape index (κ3) is 3.27. The Bertz CT molecular complexity index is 563. The summed E-state index contributed by atoms with van der Waals surface area (Å²) < 4.78 is 0.662. The van der Waals surface area contributed by atoms with Crippen LogP contribution in [-0.2, 0) is 6.54 Å². The Labute approximate surface area is 118 Å². The highest BCUT2D eigenvalue weighted by atomic mass is 79.9. The Kier molecular flexibility index (Phi) is 4.28. The number of nitrogens with zero attached hydrogens (tertiary/aromatic N) is 2. The van der Waals surface area contributed by atoms with E-state index in [1.54, 1.807) is 30.5 Å². The van der Waals surface area contributed by atoms with Gasteiger partial charge in [0.25, 0.3) is 5.91 Å². The van der Waals surface area contributed by atoms with Gasteiger partial charge in [-0.15, -0.1) is 0 Å². The van der Waals surface area contributed by atoms with Gasteiger partial charge in [-0.25, -0.2) is 9.97 Å². The van der Waals surface area contributed by atoms with Crippen LogP contribution in [0.2, 0.25) is 5.02 Å². The van der Waals surface area contributed by atoms with Gasteiger partial charge in [-0.3, -0.25) is 4.79 Å². The van der Waals surface area contributed by atoms with Crippen LogP contribution in [0.1, 0.15) is 16.1 Å². The van der Waals surface area contributed by atoms with Gasteiger partial charge in [0.05, 0.1) is 17.8 Å². The third-order valence-electron chi connectivity index (χ3n) is 2.25. The predicted octanol–water partition coefficient (Wildman–Crippen LogP) is 2.82. The van der Waals surface area contributed by atoms with Crippen LogP contribution in [0, 0.1) is 0 Å². The normalized spacial score (nSPS) is 10.1. The van der Waals surface area contributed by atoms with Gasteiger partial charge in [0.1, 0.15) is 6.33 Å². The van der Waals surface area contributed by atoms with Gasteiger partial charge in [-0.05, 0) is 40.2 Å². The molecule has 1 aromatic carbocycles. The summed E-state index contributed by atoms with van der Waals surface area (Å²) in [6, 6.07) is 6.77. The molecule has 0 unspecified atom stereocenters. The van der Waals surface area contributed by atoms with Gasteiger partial charge in [0.2, 0.25) is 0 Å². The number of rotatable bonds is 3. The van der Waals surface area contributed by atoms with E-state index in [1.807, 2.05) is 0 Å². The number of carbonyl (C=O) groups excluding carboxylic acids is 1. The van der Waals surface area contributed by atoms with Crippen molar-refractivity contribution in [2.75, 3.05) is 0 Å². The van der Waals surface area contributed by atoms with Crippen molar-refractivity contribution in [1.29, 1.82) is 0 Å². The maximum Gasteiger partial charge on any atom is 0.252 e. The molecule has 2 rings (SSSR count). The summed E-state index contributed by atoms with van der Waals surface area (Å²) in [6.07, 6.45) is 3.08. The van der Waals surface area contributed by atoms with Crippen LogP contribution in [0.5, 0.6) is 0 Å². The molecule has 0 aliphatic heterocycles. The van der Waals surface area contributed by atoms with Crippen LogP contribution in [0.25, 0.3) is 0 Å². The number of hydrogen-bond donors (Lipinski definition) is 1. The average molecular weight is 327 g/mol. The van der Waals surface area contributed by atoms with Crippen LogP contribution in [0.3, 0.4) is 0 Å². The number of nitrogens with one attached hydrogen (secondary N) is 1. The van der Waals surface area contributed by atoms with Gasteiger partial charge in [0, 0.05) is 15.7 Å². The highest BCUT2D eigenvalue weighted by Gasteiger charge is 2.09. The van der Waals surface area contributed by atoms with Crippen LogP contribution < -0.4 is 5.32 Å². The fourth-order valence-corrected chi connectivity index (χ4v) is 2.23. The van der Waals surface area contributed by atoms with Gasteiger partial charge < -0.3 is 5.32 Å². The lowest BCUT2D eigenvalue weighted by atomic mass is 10.2. The highest BCUT2D eigenvalue weighted by Crippen LogP contribution is 2.21. The van der Waals surface area contributed by atoms with E-state index in [4.69, 9.17) is 11.6 Å². The molecule has 4 nitrogen and oxygen atoms in total. The highest BCUT2D eigenvalue weighted by molar-refractivity contribution is 9.10. The second-order valence-corrected chi connectivity index (χ2v) is 4.80. The lowest BCUT2D eigenvalue weighted by Gasteiger charge is -2.06. The summed E-state index contributed by atoms with van der Waals surface area (Å²) in [5, 5.41) is 3.35. The quantitative estimate of drug-likeness (QED) is 0.943. The van der Waals surface area contributed by atoms with E-state index in [1.165, 1.54) is 6.33 Å². The van der Waals surface area contributed by atoms with Crippen molar-refractivity contribution in [3.63, 3.8) is 0 Å². The number of aromatic nitrogens is 2. The van der Waals surface area contributed by atoms with Gasteiger partial charge in [-0.1, -0.05) is 11.6 Å². The molecule has 1 amide bonds. The molecule has 92 valence electrons. The SMILES string of the molecule is O=C(NCc1ccncn1)c1ccc(Cl)cc1Br. The molecular formula is C12H9BrClN3O. The molecule has 1 aromatic heterocycles. The molecule has 0 atom stereocenters. The summed E-state index contributed by atoms with van der Waals surface area (Å²) in [5.41, 5.74) is 1.29. The average Bonchev–Trinajstić information content (AvgIpc) is 2.37. The van der Waals surface area contributed by atoms with Crippen LogP contribution in [-0.4, -0.2) is 15.9 Å². The third-order valence-corrected chi connectivity index (χ3v) is 3.14. The van der Waals surface area contributed by atoms with Crippen LogP contribution in [0.15, 0.2) is 41.3 Å². The monoisotopic (exact) mass is 325 g/mol. The molecule has 6 heteroatoms. The molecule has 2 aromatic rings. The molecule has 0 aliphatic carbocycles. The Morgan fingerprint density at radius 1 is 1.39 bits per heavy atom. The van der Waals surface area contributed by atoms with Gasteiger partial charge >= 0.3 is 0 Å². The van der Waals surface area contributed by atoms with E-state index in [-0.39, 0.29) is 5.91 Å². The van der Waals surface area contributed by atoms with E-state index in [9.17, 15) is 4.79 Å². The predicted molar refractivity (Wildman–Crippen MR) is 72.4 cm³/mol. The van der Waals surface area contributed by atoms with Gasteiger partial charge in [0.15, 0.2) is 0 Å². The smallest absolute Gasteiger partial charge is 0.252 e. The zero-order valence-electron chi connectivity index (χ0n) is 9.23. The first kappa shape index (κ1) is 13.0. The summed E-state index contributed by atoms with van der Waals surface area (Å²) in [7, 11) is 0. The molecule has 1 N–H and O–H groups in total. The Morgan fingerprint density at radius 3 is 2.89 bits per heavy atom. The van der Waals surface area contributed by atoms with Crippen molar-refractivity contribution in [3.05, 3.63) is 57.5 Å². The second-order valence-electron chi connectivity index (χ2n) is 3.51. The number of hydrogen-bond acceptors (Lipinski definition) is 3. The standard InChI is InChI=1S/C12H9BrClN3O/c13-11-5-8(14)1-2-10(11)12(18)16-6-9-3-4-15-7-17-9/h1-5,7H,6H2,(H,16,18). The van der Waals surface area contributed by atoms with Crippen molar-refractivity contribution in [2.24, 2.45) is 0 Å². The topological polar surface area (TPSA) is 54.9 Å². The molecular weight excluding hydrogens is 318 g/mol. The largest absolute Gasteiger partial charge is 0.346 e. The van der Waals surface area contributed by atoms with E-state index in [0.29, 0.717) is 21.6 Å². The van der Waals surface area contributed by atoms with Crippen molar-refractivity contribution in [3.8, 4) is 0 Å². The first-order valence-electron chi connectivity index (χ1n) is 5.15. The molecule has 0 spiro atoms. The summed E-state index contributed by atoms with van der Waals surface area (Å²) in [5.74, 6) is -0.183. The lowest BCUT2D eigenvalue weighted by molar-refractivity contribution is 0.0949. The number of carbonyl (C=O) groups is 1. The molecule has 1 heterocycles. The van der Waals surface area contributed by atoms with E-state index < -0.39 is 0 Å². The van der Waals surface area contributed by atoms with Crippen molar-refractivity contribution in [1.82, 2.24) is 15.3 Å². The van der Waals surface area contributed by atoms with E-state index in [0.717, 1.165) is 5.69 Å². The molecule has 0 saturated carbocycles. The van der Waals surface area contributed by atoms with Crippen molar-refractivity contribution < 1.29 is 4.79 Å². The fourth-order valence-electron chi connectivity index (χ4n) is 1.36. The number of amides is 1. The van der Waals surface area contributed by atoms with E-state index >= 15 is 0 Å². The van der Waals surface area contributed by atoms with Gasteiger partial charge in [-0.2, -0.15) is 0 Å². The lowest BCUT2D eigenvalue weighted by Crippen LogP contribution is -2.23. The number of benzene rings is 1. The van der Waals surface area contributed by atoms with Crippen molar-refractivity contribution >= 4 is 33.4 Å². The maximum absolute atomic E-state index is 11.9. The Hall–Kier alpha value is -1.46. The molecule has 0 fully saturated rings. The molecule has 0 bridgehead atoms. The minimum atomic E-state index is -0.183. The summed E-state index contributed by atoms with van der Waals surface area (Å²) in [6.45, 7) is 0.358. The minimum absolute atomic E-state index is 0.183. The zero-order valence-corrected chi connectivity index (χ0v) is 11.6. The second kappa shape index (κ2) is 5.93. The van der Waals surface area contributed by atoms with E-state index in [2.05, 4.69) is 31.2 Å². The first-order valence-corrected chi connectivity index (χ1v) is 6.32. The fraction of sp³-hybridized carbons (Fsp3) is 0.0833.